The Balaban J connectivity index is 2.12. The molecule has 1 aliphatic carbocycles. The van der Waals surface area contributed by atoms with E-state index in [9.17, 15) is 0 Å². The fourth-order valence-electron chi connectivity index (χ4n) is 2.30. The Hall–Kier alpha value is -1.90. The van der Waals surface area contributed by atoms with E-state index in [1.54, 1.807) is 0 Å². The van der Waals surface area contributed by atoms with Gasteiger partial charge in [0.15, 0.2) is 5.65 Å². The summed E-state index contributed by atoms with van der Waals surface area (Å²) in [5.74, 6) is 0.409. The van der Waals surface area contributed by atoms with Crippen LogP contribution in [0.15, 0.2) is 42.3 Å². The molecule has 0 radical (unpaired) electrons. The van der Waals surface area contributed by atoms with Crippen LogP contribution in [0.3, 0.4) is 0 Å². The van der Waals surface area contributed by atoms with Crippen LogP contribution in [0.2, 0.25) is 0 Å². The van der Waals surface area contributed by atoms with Crippen molar-refractivity contribution < 1.29 is 0 Å². The monoisotopic (exact) mass is 225 g/mol. The smallest absolute Gasteiger partial charge is 0.158 e. The first-order chi connectivity index (χ1) is 8.24. The number of aromatic nitrogens is 3. The van der Waals surface area contributed by atoms with Crippen LogP contribution in [-0.2, 0) is 0 Å². The third-order valence-electron chi connectivity index (χ3n) is 3.17. The number of aryl methyl sites for hydroxylation is 1. The molecule has 3 rings (SSSR count). The molecule has 1 unspecified atom stereocenters. The van der Waals surface area contributed by atoms with E-state index < -0.39 is 0 Å². The van der Waals surface area contributed by atoms with E-state index in [0.717, 1.165) is 17.8 Å². The summed E-state index contributed by atoms with van der Waals surface area (Å²) in [6.07, 6.45) is 11.6. The molecule has 0 amide bonds. The van der Waals surface area contributed by atoms with E-state index in [4.69, 9.17) is 0 Å². The first kappa shape index (κ1) is 10.3. The zero-order chi connectivity index (χ0) is 11.8. The van der Waals surface area contributed by atoms with Gasteiger partial charge in [0.2, 0.25) is 0 Å². The van der Waals surface area contributed by atoms with Crippen LogP contribution in [0.5, 0.6) is 0 Å². The van der Waals surface area contributed by atoms with E-state index in [-0.39, 0.29) is 0 Å². The van der Waals surface area contributed by atoms with Gasteiger partial charge in [0.1, 0.15) is 0 Å². The topological polar surface area (TPSA) is 30.2 Å². The Morgan fingerprint density at radius 2 is 2.24 bits per heavy atom. The zero-order valence-corrected chi connectivity index (χ0v) is 10.1. The fraction of sp³-hybridized carbons (Fsp3) is 0.286. The Bertz CT molecular complexity index is 619. The van der Waals surface area contributed by atoms with Crippen LogP contribution < -0.4 is 0 Å². The predicted molar refractivity (Wildman–Crippen MR) is 68.0 cm³/mol. The van der Waals surface area contributed by atoms with Crippen LogP contribution in [0.1, 0.15) is 30.5 Å². The maximum absolute atomic E-state index is 4.58. The molecule has 1 aliphatic rings. The van der Waals surface area contributed by atoms with Crippen molar-refractivity contribution in [3.8, 4) is 0 Å². The molecule has 2 heterocycles. The number of rotatable bonds is 1. The SMILES string of the molecule is CC1=CC(c2cnn3ccc(C)nc23)CC=C1. The quantitative estimate of drug-likeness (QED) is 0.746. The van der Waals surface area contributed by atoms with E-state index in [0.29, 0.717) is 5.92 Å². The Labute approximate surface area is 100 Å². The lowest BCUT2D eigenvalue weighted by atomic mass is 9.92. The number of hydrogen-bond acceptors (Lipinski definition) is 2. The maximum Gasteiger partial charge on any atom is 0.158 e. The minimum absolute atomic E-state index is 0.409. The standard InChI is InChI=1S/C14H15N3/c1-10-4-3-5-12(8-10)13-9-15-17-7-6-11(2)16-14(13)17/h3-4,6-9,12H,5H2,1-2H3. The molecule has 2 aromatic rings. The summed E-state index contributed by atoms with van der Waals surface area (Å²) in [6.45, 7) is 4.14. The molecule has 86 valence electrons. The zero-order valence-electron chi connectivity index (χ0n) is 10.1. The fourth-order valence-corrected chi connectivity index (χ4v) is 2.30. The molecule has 0 fully saturated rings. The molecule has 0 aromatic carbocycles. The second kappa shape index (κ2) is 3.84. The van der Waals surface area contributed by atoms with E-state index in [2.05, 4.69) is 35.2 Å². The van der Waals surface area contributed by atoms with Crippen LogP contribution in [0.25, 0.3) is 5.65 Å². The van der Waals surface area contributed by atoms with Gasteiger partial charge in [0.05, 0.1) is 6.20 Å². The maximum atomic E-state index is 4.58. The van der Waals surface area contributed by atoms with Gasteiger partial charge in [0.25, 0.3) is 0 Å². The van der Waals surface area contributed by atoms with Gasteiger partial charge < -0.3 is 0 Å². The number of hydrogen-bond donors (Lipinski definition) is 0. The van der Waals surface area contributed by atoms with Crippen molar-refractivity contribution in [3.63, 3.8) is 0 Å². The van der Waals surface area contributed by atoms with Crippen molar-refractivity contribution in [2.24, 2.45) is 0 Å². The lowest BCUT2D eigenvalue weighted by molar-refractivity contribution is 0.847. The second-order valence-electron chi connectivity index (χ2n) is 4.59. The van der Waals surface area contributed by atoms with Crippen LogP contribution in [0.4, 0.5) is 0 Å². The Morgan fingerprint density at radius 3 is 3.06 bits per heavy atom. The third kappa shape index (κ3) is 1.78. The predicted octanol–water partition coefficient (Wildman–Crippen LogP) is 3.03. The van der Waals surface area contributed by atoms with Crippen molar-refractivity contribution in [2.75, 3.05) is 0 Å². The molecule has 2 aromatic heterocycles. The molecule has 17 heavy (non-hydrogen) atoms. The molecule has 3 heteroatoms. The van der Waals surface area contributed by atoms with Crippen LogP contribution in [-0.4, -0.2) is 14.6 Å². The van der Waals surface area contributed by atoms with Gasteiger partial charge in [-0.1, -0.05) is 23.8 Å². The summed E-state index contributed by atoms with van der Waals surface area (Å²) in [6, 6.07) is 1.98. The number of fused-ring (bicyclic) bond motifs is 1. The summed E-state index contributed by atoms with van der Waals surface area (Å²) in [4.78, 5) is 4.58. The van der Waals surface area contributed by atoms with Gasteiger partial charge in [-0.25, -0.2) is 9.50 Å². The Kier molecular flexibility index (Phi) is 2.32. The van der Waals surface area contributed by atoms with Crippen molar-refractivity contribution >= 4 is 5.65 Å². The highest BCUT2D eigenvalue weighted by Crippen LogP contribution is 2.29. The average molecular weight is 225 g/mol. The normalized spacial score (nSPS) is 19.6. The molecular weight excluding hydrogens is 210 g/mol. The Morgan fingerprint density at radius 1 is 1.35 bits per heavy atom. The highest BCUT2D eigenvalue weighted by Gasteiger charge is 2.16. The van der Waals surface area contributed by atoms with Gasteiger partial charge in [-0.05, 0) is 26.3 Å². The largest absolute Gasteiger partial charge is 0.234 e. The van der Waals surface area contributed by atoms with Crippen molar-refractivity contribution in [1.29, 1.82) is 0 Å². The summed E-state index contributed by atoms with van der Waals surface area (Å²) in [5.41, 5.74) is 4.55. The molecular formula is C14H15N3. The van der Waals surface area contributed by atoms with Crippen molar-refractivity contribution in [3.05, 3.63) is 53.5 Å². The first-order valence-electron chi connectivity index (χ1n) is 5.90. The summed E-state index contributed by atoms with van der Waals surface area (Å²) in [7, 11) is 0. The van der Waals surface area contributed by atoms with E-state index >= 15 is 0 Å². The van der Waals surface area contributed by atoms with Gasteiger partial charge in [-0.15, -0.1) is 0 Å². The van der Waals surface area contributed by atoms with Crippen LogP contribution >= 0.6 is 0 Å². The highest BCUT2D eigenvalue weighted by atomic mass is 15.2. The average Bonchev–Trinajstić information content (AvgIpc) is 2.71. The molecule has 0 aliphatic heterocycles. The van der Waals surface area contributed by atoms with Gasteiger partial charge in [-0.3, -0.25) is 0 Å². The number of nitrogens with zero attached hydrogens (tertiary/aromatic N) is 3. The lowest BCUT2D eigenvalue weighted by Crippen LogP contribution is -1.99. The van der Waals surface area contributed by atoms with Gasteiger partial charge >= 0.3 is 0 Å². The molecule has 0 saturated heterocycles. The molecule has 1 atom stereocenters. The summed E-state index contributed by atoms with van der Waals surface area (Å²) in [5, 5.41) is 4.36. The molecule has 0 bridgehead atoms. The minimum Gasteiger partial charge on any atom is -0.234 e. The summed E-state index contributed by atoms with van der Waals surface area (Å²) >= 11 is 0. The van der Waals surface area contributed by atoms with E-state index in [1.807, 2.05) is 29.9 Å². The lowest BCUT2D eigenvalue weighted by Gasteiger charge is -2.13. The van der Waals surface area contributed by atoms with E-state index in [1.165, 1.54) is 11.1 Å². The third-order valence-corrected chi connectivity index (χ3v) is 3.17. The molecule has 0 N–H and O–H groups in total. The first-order valence-corrected chi connectivity index (χ1v) is 5.90. The summed E-state index contributed by atoms with van der Waals surface area (Å²) < 4.78 is 1.85. The highest BCUT2D eigenvalue weighted by molar-refractivity contribution is 5.51. The van der Waals surface area contributed by atoms with Crippen molar-refractivity contribution in [1.82, 2.24) is 14.6 Å². The van der Waals surface area contributed by atoms with Gasteiger partial charge in [0, 0.05) is 23.4 Å². The van der Waals surface area contributed by atoms with Crippen LogP contribution in [0, 0.1) is 6.92 Å². The van der Waals surface area contributed by atoms with Gasteiger partial charge in [-0.2, -0.15) is 5.10 Å². The molecule has 0 spiro atoms. The molecule has 0 saturated carbocycles. The number of allylic oxidation sites excluding steroid dienone is 4. The van der Waals surface area contributed by atoms with Crippen molar-refractivity contribution in [2.45, 2.75) is 26.2 Å². The second-order valence-corrected chi connectivity index (χ2v) is 4.59. The minimum atomic E-state index is 0.409. The molecule has 3 nitrogen and oxygen atoms in total.